The molecule has 0 bridgehead atoms. The van der Waals surface area contributed by atoms with Crippen molar-refractivity contribution in [1.29, 1.82) is 0 Å². The fraction of sp³-hybridized carbons (Fsp3) is 0.480. The van der Waals surface area contributed by atoms with Crippen LogP contribution in [0, 0.1) is 13.8 Å². The van der Waals surface area contributed by atoms with Crippen LogP contribution in [0.4, 0.5) is 0 Å². The van der Waals surface area contributed by atoms with Crippen molar-refractivity contribution < 1.29 is 14.3 Å². The molecule has 0 spiro atoms. The molecule has 1 heterocycles. The number of ether oxygens (including phenoxy) is 2. The number of amides is 1. The average Bonchev–Trinajstić information content (AvgIpc) is 2.59. The Hall–Kier alpha value is -2.49. The van der Waals surface area contributed by atoms with Gasteiger partial charge in [0.25, 0.3) is 5.91 Å². The normalized spacial score (nSPS) is 18.6. The van der Waals surface area contributed by atoms with E-state index in [2.05, 4.69) is 51.2 Å². The van der Waals surface area contributed by atoms with Crippen molar-refractivity contribution in [1.82, 2.24) is 5.32 Å². The fourth-order valence-corrected chi connectivity index (χ4v) is 3.84. The van der Waals surface area contributed by atoms with Gasteiger partial charge in [0.15, 0.2) is 6.10 Å². The van der Waals surface area contributed by atoms with Gasteiger partial charge in [0.2, 0.25) is 0 Å². The summed E-state index contributed by atoms with van der Waals surface area (Å²) in [7, 11) is 0. The predicted octanol–water partition coefficient (Wildman–Crippen LogP) is 5.61. The van der Waals surface area contributed by atoms with Crippen molar-refractivity contribution in [3.8, 4) is 11.5 Å². The third-order valence-electron chi connectivity index (χ3n) is 5.41. The molecule has 1 aliphatic heterocycles. The van der Waals surface area contributed by atoms with E-state index in [1.54, 1.807) is 0 Å². The number of fused-ring (bicyclic) bond motifs is 1. The van der Waals surface area contributed by atoms with Gasteiger partial charge >= 0.3 is 0 Å². The van der Waals surface area contributed by atoms with Gasteiger partial charge in [-0.15, -0.1) is 0 Å². The van der Waals surface area contributed by atoms with Gasteiger partial charge in [-0.05, 0) is 69.4 Å². The summed E-state index contributed by atoms with van der Waals surface area (Å²) in [4.78, 5) is 13.0. The van der Waals surface area contributed by atoms with Crippen molar-refractivity contribution in [2.75, 3.05) is 0 Å². The highest BCUT2D eigenvalue weighted by atomic mass is 16.5. The lowest BCUT2D eigenvalue weighted by Gasteiger charge is -2.38. The molecule has 156 valence electrons. The molecule has 1 N–H and O–H groups in total. The lowest BCUT2D eigenvalue weighted by molar-refractivity contribution is -0.128. The first-order valence-electron chi connectivity index (χ1n) is 10.4. The molecule has 1 aliphatic rings. The number of carbonyl (C=O) groups excluding carboxylic acids is 1. The van der Waals surface area contributed by atoms with Crippen LogP contribution in [0.3, 0.4) is 0 Å². The summed E-state index contributed by atoms with van der Waals surface area (Å²) in [6.07, 6.45) is 0.123. The van der Waals surface area contributed by atoms with E-state index in [0.29, 0.717) is 12.3 Å². The van der Waals surface area contributed by atoms with Gasteiger partial charge in [0.1, 0.15) is 17.1 Å². The molecule has 4 heteroatoms. The molecule has 29 heavy (non-hydrogen) atoms. The van der Waals surface area contributed by atoms with Gasteiger partial charge < -0.3 is 14.8 Å². The van der Waals surface area contributed by atoms with Crippen molar-refractivity contribution in [3.63, 3.8) is 0 Å². The van der Waals surface area contributed by atoms with E-state index in [4.69, 9.17) is 9.47 Å². The maximum absolute atomic E-state index is 13.0. The molecule has 2 aromatic rings. The van der Waals surface area contributed by atoms with Crippen LogP contribution < -0.4 is 14.8 Å². The summed E-state index contributed by atoms with van der Waals surface area (Å²) in [5, 5.41) is 3.19. The zero-order chi connectivity index (χ0) is 21.3. The second-order valence-corrected chi connectivity index (χ2v) is 9.12. The molecule has 2 atom stereocenters. The van der Waals surface area contributed by atoms with Crippen LogP contribution in [-0.2, 0) is 4.79 Å². The molecule has 4 nitrogen and oxygen atoms in total. The van der Waals surface area contributed by atoms with Gasteiger partial charge in [0.05, 0.1) is 6.04 Å². The Kier molecular flexibility index (Phi) is 5.92. The fourth-order valence-electron chi connectivity index (χ4n) is 3.84. The summed E-state index contributed by atoms with van der Waals surface area (Å²) in [5.74, 6) is 1.84. The van der Waals surface area contributed by atoms with Crippen molar-refractivity contribution >= 4 is 5.91 Å². The van der Waals surface area contributed by atoms with Crippen molar-refractivity contribution in [2.45, 2.75) is 78.6 Å². The van der Waals surface area contributed by atoms with E-state index in [1.165, 1.54) is 0 Å². The summed E-state index contributed by atoms with van der Waals surface area (Å²) in [6, 6.07) is 12.2. The minimum atomic E-state index is -0.589. The minimum Gasteiger partial charge on any atom is -0.487 e. The Labute approximate surface area is 174 Å². The molecule has 0 radical (unpaired) electrons. The van der Waals surface area contributed by atoms with E-state index in [0.717, 1.165) is 33.8 Å². The Bertz CT molecular complexity index is 901. The molecule has 0 fully saturated rings. The second kappa shape index (κ2) is 8.10. The van der Waals surface area contributed by atoms with E-state index in [9.17, 15) is 4.79 Å². The predicted molar refractivity (Wildman–Crippen MR) is 117 cm³/mol. The number of benzene rings is 2. The van der Waals surface area contributed by atoms with Crippen LogP contribution in [0.2, 0.25) is 0 Å². The molecular weight excluding hydrogens is 362 g/mol. The maximum Gasteiger partial charge on any atom is 0.261 e. The van der Waals surface area contributed by atoms with Gasteiger partial charge in [-0.2, -0.15) is 0 Å². The van der Waals surface area contributed by atoms with Crippen LogP contribution >= 0.6 is 0 Å². The number of hydrogen-bond acceptors (Lipinski definition) is 3. The Morgan fingerprint density at radius 3 is 2.45 bits per heavy atom. The van der Waals surface area contributed by atoms with Crippen LogP contribution in [-0.4, -0.2) is 17.6 Å². The number of carbonyl (C=O) groups is 1. The summed E-state index contributed by atoms with van der Waals surface area (Å²) < 4.78 is 12.2. The molecule has 0 aliphatic carbocycles. The van der Waals surface area contributed by atoms with Crippen molar-refractivity contribution in [3.05, 3.63) is 58.7 Å². The molecule has 2 aromatic carbocycles. The molecule has 0 unspecified atom stereocenters. The first kappa shape index (κ1) is 21.2. The first-order chi connectivity index (χ1) is 13.6. The number of hydrogen-bond donors (Lipinski definition) is 1. The quantitative estimate of drug-likeness (QED) is 0.715. The average molecular weight is 396 g/mol. The Balaban J connectivity index is 1.78. The van der Waals surface area contributed by atoms with Crippen molar-refractivity contribution in [2.24, 2.45) is 0 Å². The monoisotopic (exact) mass is 395 g/mol. The van der Waals surface area contributed by atoms with E-state index >= 15 is 0 Å². The molecule has 0 saturated carbocycles. The number of rotatable bonds is 5. The Morgan fingerprint density at radius 2 is 1.76 bits per heavy atom. The molecular formula is C25H33NO3. The largest absolute Gasteiger partial charge is 0.487 e. The minimum absolute atomic E-state index is 0.102. The summed E-state index contributed by atoms with van der Waals surface area (Å²) >= 11 is 0. The second-order valence-electron chi connectivity index (χ2n) is 9.12. The lowest BCUT2D eigenvalue weighted by Crippen LogP contribution is -2.44. The lowest BCUT2D eigenvalue weighted by atomic mass is 9.89. The van der Waals surface area contributed by atoms with Gasteiger partial charge in [-0.3, -0.25) is 4.79 Å². The zero-order valence-electron chi connectivity index (χ0n) is 18.6. The highest BCUT2D eigenvalue weighted by Crippen LogP contribution is 2.40. The summed E-state index contributed by atoms with van der Waals surface area (Å²) in [6.45, 7) is 14.3. The molecule has 0 aromatic heterocycles. The summed E-state index contributed by atoms with van der Waals surface area (Å²) in [5.41, 5.74) is 4.05. The SMILES string of the molecule is Cc1ccc(C(C)C)c(O[C@H](C)C(=O)N[C@H]2CC(C)(C)Oc3cc(C)ccc32)c1. The number of aryl methyl sites for hydroxylation is 2. The third kappa shape index (κ3) is 4.92. The van der Waals surface area contributed by atoms with E-state index in [-0.39, 0.29) is 17.6 Å². The van der Waals surface area contributed by atoms with Gasteiger partial charge in [0, 0.05) is 12.0 Å². The smallest absolute Gasteiger partial charge is 0.261 e. The van der Waals surface area contributed by atoms with Crippen LogP contribution in [0.15, 0.2) is 36.4 Å². The maximum atomic E-state index is 13.0. The highest BCUT2D eigenvalue weighted by molar-refractivity contribution is 5.81. The van der Waals surface area contributed by atoms with Gasteiger partial charge in [-0.25, -0.2) is 0 Å². The van der Waals surface area contributed by atoms with Crippen LogP contribution in [0.1, 0.15) is 75.3 Å². The highest BCUT2D eigenvalue weighted by Gasteiger charge is 2.35. The van der Waals surface area contributed by atoms with Crippen LogP contribution in [0.25, 0.3) is 0 Å². The molecule has 3 rings (SSSR count). The van der Waals surface area contributed by atoms with Crippen LogP contribution in [0.5, 0.6) is 11.5 Å². The standard InChI is InChI=1S/C25H33NO3/c1-15(2)19-10-8-16(3)12-22(19)28-18(5)24(27)26-21-14-25(6,7)29-23-13-17(4)9-11-20(21)23/h8-13,15,18,21H,14H2,1-7H3,(H,26,27)/t18-,21+/m1/s1. The van der Waals surface area contributed by atoms with E-state index < -0.39 is 6.10 Å². The first-order valence-corrected chi connectivity index (χ1v) is 10.4. The Morgan fingerprint density at radius 1 is 1.10 bits per heavy atom. The topological polar surface area (TPSA) is 47.6 Å². The zero-order valence-corrected chi connectivity index (χ0v) is 18.6. The third-order valence-corrected chi connectivity index (χ3v) is 5.41. The van der Waals surface area contributed by atoms with E-state index in [1.807, 2.05) is 39.0 Å². The molecule has 1 amide bonds. The number of nitrogens with one attached hydrogen (secondary N) is 1. The molecule has 0 saturated heterocycles. The van der Waals surface area contributed by atoms with Gasteiger partial charge in [-0.1, -0.05) is 38.1 Å².